The van der Waals surface area contributed by atoms with Crippen LogP contribution in [0.15, 0.2) is 47.6 Å². The van der Waals surface area contributed by atoms with Crippen LogP contribution in [0.25, 0.3) is 0 Å². The zero-order valence-corrected chi connectivity index (χ0v) is 17.6. The molecule has 0 bridgehead atoms. The van der Waals surface area contributed by atoms with Gasteiger partial charge in [-0.25, -0.2) is 0 Å². The van der Waals surface area contributed by atoms with Crippen molar-refractivity contribution in [3.8, 4) is 11.5 Å². The first-order chi connectivity index (χ1) is 14.1. The van der Waals surface area contributed by atoms with Gasteiger partial charge in [0.1, 0.15) is 5.75 Å². The Labute approximate surface area is 173 Å². The number of nitrogens with one attached hydrogen (secondary N) is 1. The van der Waals surface area contributed by atoms with Crippen LogP contribution < -0.4 is 15.0 Å². The molecular formula is C23H31N3O3. The number of hydrogen-bond donors (Lipinski definition) is 1. The Kier molecular flexibility index (Phi) is 9.15. The normalized spacial score (nSPS) is 10.4. The molecule has 0 heterocycles. The first kappa shape index (κ1) is 22.4. The number of anilines is 2. The van der Waals surface area contributed by atoms with Gasteiger partial charge < -0.3 is 15.0 Å². The summed E-state index contributed by atoms with van der Waals surface area (Å²) in [5.74, 6) is 0.599. The van der Waals surface area contributed by atoms with Crippen LogP contribution in [0, 0.1) is 4.91 Å². The summed E-state index contributed by atoms with van der Waals surface area (Å²) >= 11 is 0. The molecule has 0 aliphatic heterocycles. The van der Waals surface area contributed by atoms with Gasteiger partial charge in [0.05, 0.1) is 11.4 Å². The van der Waals surface area contributed by atoms with Gasteiger partial charge in [-0.1, -0.05) is 44.9 Å². The number of nitroso groups, excluding NO2 is 1. The molecule has 0 aromatic heterocycles. The molecule has 6 heteroatoms. The second kappa shape index (κ2) is 11.8. The highest BCUT2D eigenvalue weighted by Gasteiger charge is 2.21. The molecule has 6 nitrogen and oxygen atoms in total. The molecule has 29 heavy (non-hydrogen) atoms. The number of para-hydroxylation sites is 1. The van der Waals surface area contributed by atoms with Crippen molar-refractivity contribution in [3.63, 3.8) is 0 Å². The van der Waals surface area contributed by atoms with Gasteiger partial charge in [-0.2, -0.15) is 0 Å². The highest BCUT2D eigenvalue weighted by atomic mass is 16.5. The fourth-order valence-electron chi connectivity index (χ4n) is 3.11. The summed E-state index contributed by atoms with van der Waals surface area (Å²) in [6.07, 6.45) is 4.17. The summed E-state index contributed by atoms with van der Waals surface area (Å²) < 4.78 is 6.28. The van der Waals surface area contributed by atoms with Crippen molar-refractivity contribution in [1.82, 2.24) is 0 Å². The largest absolute Gasteiger partial charge is 0.453 e. The first-order valence-corrected chi connectivity index (χ1v) is 10.4. The lowest BCUT2D eigenvalue weighted by Gasteiger charge is -2.28. The maximum atomic E-state index is 12.1. The molecule has 0 spiro atoms. The van der Waals surface area contributed by atoms with Crippen LogP contribution in [0.2, 0.25) is 0 Å². The lowest BCUT2D eigenvalue weighted by Crippen LogP contribution is -2.26. The van der Waals surface area contributed by atoms with E-state index in [0.29, 0.717) is 23.7 Å². The molecule has 0 aliphatic carbocycles. The van der Waals surface area contributed by atoms with Crippen molar-refractivity contribution in [3.05, 3.63) is 52.9 Å². The molecule has 1 amide bonds. The standard InChI is InChI=1S/C23H31N3O3/c1-4-7-14-26(15-8-5-2)21-17-18(23(27)25-28)16-20(24-6-3)22(21)29-19-12-10-9-11-13-19/h9-13,16-17,24H,4-8,14-15H2,1-3H3. The Morgan fingerprint density at radius 2 is 1.69 bits per heavy atom. The quantitative estimate of drug-likeness (QED) is 0.430. The van der Waals surface area contributed by atoms with E-state index in [9.17, 15) is 9.70 Å². The van der Waals surface area contributed by atoms with E-state index in [1.807, 2.05) is 37.3 Å². The van der Waals surface area contributed by atoms with Crippen molar-refractivity contribution in [2.24, 2.45) is 5.18 Å². The zero-order chi connectivity index (χ0) is 21.1. The number of hydrogen-bond acceptors (Lipinski definition) is 5. The van der Waals surface area contributed by atoms with E-state index in [4.69, 9.17) is 4.74 Å². The fourth-order valence-corrected chi connectivity index (χ4v) is 3.11. The van der Waals surface area contributed by atoms with Crippen LogP contribution in [-0.2, 0) is 0 Å². The third-order valence-electron chi connectivity index (χ3n) is 4.63. The summed E-state index contributed by atoms with van der Waals surface area (Å²) in [5, 5.41) is 5.90. The maximum absolute atomic E-state index is 12.1. The van der Waals surface area contributed by atoms with E-state index in [-0.39, 0.29) is 5.56 Å². The van der Waals surface area contributed by atoms with Gasteiger partial charge in [0.25, 0.3) is 0 Å². The molecule has 2 aromatic carbocycles. The van der Waals surface area contributed by atoms with E-state index in [1.54, 1.807) is 12.1 Å². The lowest BCUT2D eigenvalue weighted by atomic mass is 10.1. The van der Waals surface area contributed by atoms with E-state index in [2.05, 4.69) is 29.2 Å². The van der Waals surface area contributed by atoms with Gasteiger partial charge in [-0.15, -0.1) is 4.91 Å². The van der Waals surface area contributed by atoms with E-state index in [1.165, 1.54) is 0 Å². The van der Waals surface area contributed by atoms with Crippen LogP contribution in [0.5, 0.6) is 11.5 Å². The predicted molar refractivity (Wildman–Crippen MR) is 119 cm³/mol. The Balaban J connectivity index is 2.60. The van der Waals surface area contributed by atoms with Crippen LogP contribution in [0.3, 0.4) is 0 Å². The monoisotopic (exact) mass is 397 g/mol. The van der Waals surface area contributed by atoms with Crippen LogP contribution in [-0.4, -0.2) is 25.5 Å². The molecule has 0 fully saturated rings. The summed E-state index contributed by atoms with van der Waals surface area (Å²) in [7, 11) is 0. The molecule has 2 rings (SSSR count). The van der Waals surface area contributed by atoms with Crippen LogP contribution in [0.4, 0.5) is 11.4 Å². The number of carbonyl (C=O) groups is 1. The molecule has 0 aliphatic rings. The predicted octanol–water partition coefficient (Wildman–Crippen LogP) is 6.22. The summed E-state index contributed by atoms with van der Waals surface area (Å²) in [5.41, 5.74) is 1.75. The Morgan fingerprint density at radius 3 is 2.24 bits per heavy atom. The minimum Gasteiger partial charge on any atom is -0.453 e. The first-order valence-electron chi connectivity index (χ1n) is 10.4. The second-order valence-electron chi connectivity index (χ2n) is 6.91. The molecule has 156 valence electrons. The molecule has 1 N–H and O–H groups in total. The smallest absolute Gasteiger partial charge is 0.316 e. The average Bonchev–Trinajstić information content (AvgIpc) is 2.75. The van der Waals surface area contributed by atoms with E-state index in [0.717, 1.165) is 44.5 Å². The molecule has 2 aromatic rings. The van der Waals surface area contributed by atoms with Crippen molar-refractivity contribution >= 4 is 17.3 Å². The van der Waals surface area contributed by atoms with Gasteiger partial charge in [-0.05, 0) is 44.0 Å². The van der Waals surface area contributed by atoms with Gasteiger partial charge in [-0.3, -0.25) is 4.79 Å². The van der Waals surface area contributed by atoms with E-state index < -0.39 is 5.91 Å². The Morgan fingerprint density at radius 1 is 1.03 bits per heavy atom. The van der Waals surface area contributed by atoms with Crippen LogP contribution >= 0.6 is 0 Å². The molecular weight excluding hydrogens is 366 g/mol. The SMILES string of the molecule is CCCCN(CCCC)c1cc(C(=O)N=O)cc(NCC)c1Oc1ccccc1. The van der Waals surface area contributed by atoms with E-state index >= 15 is 0 Å². The number of nitrogens with zero attached hydrogens (tertiary/aromatic N) is 2. The number of unbranched alkanes of at least 4 members (excludes halogenated alkanes) is 2. The van der Waals surface area contributed by atoms with Crippen LogP contribution in [0.1, 0.15) is 56.8 Å². The highest BCUT2D eigenvalue weighted by molar-refractivity contribution is 5.98. The van der Waals surface area contributed by atoms with Gasteiger partial charge in [0, 0.05) is 30.4 Å². The van der Waals surface area contributed by atoms with Crippen molar-refractivity contribution in [2.75, 3.05) is 29.9 Å². The van der Waals surface area contributed by atoms with Gasteiger partial charge in [0.15, 0.2) is 5.75 Å². The minimum atomic E-state index is -0.775. The summed E-state index contributed by atoms with van der Waals surface area (Å²) in [6.45, 7) is 8.63. The third kappa shape index (κ3) is 6.31. The lowest BCUT2D eigenvalue weighted by molar-refractivity contribution is 0.100. The zero-order valence-electron chi connectivity index (χ0n) is 17.6. The highest BCUT2D eigenvalue weighted by Crippen LogP contribution is 2.41. The number of ether oxygens (including phenoxy) is 1. The number of benzene rings is 2. The second-order valence-corrected chi connectivity index (χ2v) is 6.91. The number of carbonyl (C=O) groups excluding carboxylic acids is 1. The molecule has 0 saturated heterocycles. The molecule has 0 atom stereocenters. The van der Waals surface area contributed by atoms with Crippen molar-refractivity contribution < 1.29 is 9.53 Å². The number of rotatable bonds is 12. The van der Waals surface area contributed by atoms with Crippen molar-refractivity contribution in [1.29, 1.82) is 0 Å². The fraction of sp³-hybridized carbons (Fsp3) is 0.435. The maximum Gasteiger partial charge on any atom is 0.316 e. The Bertz CT molecular complexity index is 785. The summed E-state index contributed by atoms with van der Waals surface area (Å²) in [4.78, 5) is 25.2. The molecule has 0 unspecified atom stereocenters. The Hall–Kier alpha value is -2.89. The molecule has 0 radical (unpaired) electrons. The average molecular weight is 398 g/mol. The molecule has 0 saturated carbocycles. The van der Waals surface area contributed by atoms with Gasteiger partial charge in [0.2, 0.25) is 0 Å². The topological polar surface area (TPSA) is 71.0 Å². The van der Waals surface area contributed by atoms with Gasteiger partial charge >= 0.3 is 5.91 Å². The van der Waals surface area contributed by atoms with Crippen molar-refractivity contribution in [2.45, 2.75) is 46.5 Å². The summed E-state index contributed by atoms with van der Waals surface area (Å²) in [6, 6.07) is 12.9. The minimum absolute atomic E-state index is 0.268. The third-order valence-corrected chi connectivity index (χ3v) is 4.63. The number of amides is 1.